The van der Waals surface area contributed by atoms with Gasteiger partial charge in [0.1, 0.15) is 5.75 Å². The Hall–Kier alpha value is -2.15. The van der Waals surface area contributed by atoms with Gasteiger partial charge in [-0.05, 0) is 37.8 Å². The number of anilines is 1. The number of nitrogens with zero attached hydrogens (tertiary/aromatic N) is 4. The van der Waals surface area contributed by atoms with E-state index in [1.807, 2.05) is 6.07 Å². The number of hydrogen-bond acceptors (Lipinski definition) is 6. The molecule has 0 atom stereocenters. The SMILES string of the molecule is Oc1cccc2c1CCCN2CC12CC(c3nn[nH]n3)(CO1)C2. The molecule has 0 amide bonds. The molecule has 2 N–H and O–H groups in total. The number of rotatable bonds is 3. The van der Waals surface area contributed by atoms with Crippen LogP contribution in [0.3, 0.4) is 0 Å². The molecule has 2 saturated heterocycles. The van der Waals surface area contributed by atoms with E-state index in [2.05, 4.69) is 31.6 Å². The molecule has 1 aliphatic carbocycles. The molecule has 4 heterocycles. The lowest BCUT2D eigenvalue weighted by molar-refractivity contribution is 0.00327. The summed E-state index contributed by atoms with van der Waals surface area (Å²) < 4.78 is 6.16. The minimum Gasteiger partial charge on any atom is -0.508 e. The van der Waals surface area contributed by atoms with Gasteiger partial charge in [0.2, 0.25) is 0 Å². The number of hydrogen-bond donors (Lipinski definition) is 2. The lowest BCUT2D eigenvalue weighted by Gasteiger charge is -2.46. The Labute approximate surface area is 133 Å². The Balaban J connectivity index is 1.38. The van der Waals surface area contributed by atoms with Gasteiger partial charge in [-0.2, -0.15) is 5.21 Å². The summed E-state index contributed by atoms with van der Waals surface area (Å²) in [5.74, 6) is 1.19. The van der Waals surface area contributed by atoms with Crippen LogP contribution < -0.4 is 4.90 Å². The average Bonchev–Trinajstić information content (AvgIpc) is 3.22. The third kappa shape index (κ3) is 1.83. The smallest absolute Gasteiger partial charge is 0.183 e. The van der Waals surface area contributed by atoms with Crippen molar-refractivity contribution in [3.63, 3.8) is 0 Å². The summed E-state index contributed by atoms with van der Waals surface area (Å²) in [4.78, 5) is 2.37. The van der Waals surface area contributed by atoms with Crippen molar-refractivity contribution in [2.24, 2.45) is 0 Å². The normalized spacial score (nSPS) is 31.7. The van der Waals surface area contributed by atoms with Gasteiger partial charge in [0, 0.05) is 24.3 Å². The quantitative estimate of drug-likeness (QED) is 0.884. The zero-order valence-electron chi connectivity index (χ0n) is 12.8. The van der Waals surface area contributed by atoms with Crippen LogP contribution in [0.4, 0.5) is 5.69 Å². The molecule has 0 spiro atoms. The number of phenols is 1. The topological polar surface area (TPSA) is 87.2 Å². The van der Waals surface area contributed by atoms with Crippen LogP contribution in [0, 0.1) is 0 Å². The van der Waals surface area contributed by atoms with Gasteiger partial charge in [-0.25, -0.2) is 0 Å². The lowest BCUT2D eigenvalue weighted by atomic mass is 9.61. The summed E-state index contributed by atoms with van der Waals surface area (Å²) >= 11 is 0. The molecule has 6 rings (SSSR count). The summed E-state index contributed by atoms with van der Waals surface area (Å²) in [6.45, 7) is 2.55. The van der Waals surface area contributed by atoms with Crippen molar-refractivity contribution in [2.75, 3.05) is 24.6 Å². The molecule has 0 unspecified atom stereocenters. The van der Waals surface area contributed by atoms with Crippen LogP contribution in [0.25, 0.3) is 0 Å². The molecule has 1 saturated carbocycles. The minimum atomic E-state index is -0.110. The van der Waals surface area contributed by atoms with Gasteiger partial charge in [-0.15, -0.1) is 10.2 Å². The van der Waals surface area contributed by atoms with Crippen molar-refractivity contribution in [1.29, 1.82) is 0 Å². The van der Waals surface area contributed by atoms with Gasteiger partial charge in [-0.1, -0.05) is 11.3 Å². The first-order chi connectivity index (χ1) is 11.2. The molecular weight excluding hydrogens is 294 g/mol. The highest BCUT2D eigenvalue weighted by molar-refractivity contribution is 5.61. The fourth-order valence-corrected chi connectivity index (χ4v) is 4.64. The lowest BCUT2D eigenvalue weighted by Crippen LogP contribution is -2.54. The Morgan fingerprint density at radius 2 is 2.26 bits per heavy atom. The summed E-state index contributed by atoms with van der Waals surface area (Å²) in [7, 11) is 0. The van der Waals surface area contributed by atoms with Crippen LogP contribution in [0.2, 0.25) is 0 Å². The van der Waals surface area contributed by atoms with E-state index >= 15 is 0 Å². The number of phenolic OH excluding ortho intramolecular Hbond substituents is 1. The van der Waals surface area contributed by atoms with Gasteiger partial charge in [0.25, 0.3) is 0 Å². The van der Waals surface area contributed by atoms with Crippen molar-refractivity contribution >= 4 is 5.69 Å². The molecule has 7 nitrogen and oxygen atoms in total. The van der Waals surface area contributed by atoms with E-state index in [9.17, 15) is 5.11 Å². The number of nitrogens with one attached hydrogen (secondary N) is 1. The Morgan fingerprint density at radius 3 is 3.09 bits per heavy atom. The van der Waals surface area contributed by atoms with Crippen molar-refractivity contribution in [1.82, 2.24) is 20.6 Å². The van der Waals surface area contributed by atoms with Crippen LogP contribution in [0.5, 0.6) is 5.75 Å². The Morgan fingerprint density at radius 1 is 1.35 bits per heavy atom. The maximum Gasteiger partial charge on any atom is 0.183 e. The first-order valence-electron chi connectivity index (χ1n) is 8.14. The summed E-state index contributed by atoms with van der Waals surface area (Å²) in [6, 6.07) is 5.80. The van der Waals surface area contributed by atoms with Crippen LogP contribution >= 0.6 is 0 Å². The van der Waals surface area contributed by atoms with E-state index in [1.165, 1.54) is 0 Å². The monoisotopic (exact) mass is 313 g/mol. The zero-order chi connectivity index (χ0) is 15.5. The molecule has 3 aliphatic heterocycles. The van der Waals surface area contributed by atoms with Crippen LogP contribution in [0.1, 0.15) is 30.7 Å². The standard InChI is InChI=1S/C16H19N5O2/c22-13-5-1-4-12-11(13)3-2-6-21(12)9-16-7-15(8-16,10-23-16)14-17-19-20-18-14/h1,4-5,22H,2-3,6-10H2,(H,17,18,19,20). The van der Waals surface area contributed by atoms with Gasteiger partial charge in [-0.3, -0.25) is 0 Å². The second kappa shape index (κ2) is 4.44. The largest absolute Gasteiger partial charge is 0.508 e. The van der Waals surface area contributed by atoms with Crippen LogP contribution in [0.15, 0.2) is 18.2 Å². The van der Waals surface area contributed by atoms with Crippen molar-refractivity contribution in [3.8, 4) is 5.75 Å². The fourth-order valence-electron chi connectivity index (χ4n) is 4.64. The molecule has 7 heteroatoms. The van der Waals surface area contributed by atoms with Crippen LogP contribution in [-0.4, -0.2) is 51.0 Å². The van der Waals surface area contributed by atoms with Crippen LogP contribution in [-0.2, 0) is 16.6 Å². The highest BCUT2D eigenvalue weighted by Crippen LogP contribution is 2.58. The highest BCUT2D eigenvalue weighted by Gasteiger charge is 2.65. The molecule has 1 aromatic heterocycles. The molecule has 1 aromatic carbocycles. The van der Waals surface area contributed by atoms with E-state index < -0.39 is 0 Å². The molecule has 120 valence electrons. The Kier molecular flexibility index (Phi) is 2.57. The predicted octanol–water partition coefficient (Wildman–Crippen LogP) is 1.16. The van der Waals surface area contributed by atoms with E-state index in [0.29, 0.717) is 12.4 Å². The molecule has 2 aromatic rings. The molecule has 2 bridgehead atoms. The van der Waals surface area contributed by atoms with E-state index in [4.69, 9.17) is 4.74 Å². The average molecular weight is 313 g/mol. The molecular formula is C16H19N5O2. The van der Waals surface area contributed by atoms with Crippen molar-refractivity contribution in [2.45, 2.75) is 36.7 Å². The molecule has 23 heavy (non-hydrogen) atoms. The molecule has 3 fully saturated rings. The number of aromatic nitrogens is 4. The third-order valence-corrected chi connectivity index (χ3v) is 5.60. The fraction of sp³-hybridized carbons (Fsp3) is 0.562. The number of aromatic amines is 1. The minimum absolute atomic E-state index is 0.0511. The Bertz CT molecular complexity index is 739. The maximum absolute atomic E-state index is 10.1. The number of aromatic hydroxyl groups is 1. The number of ether oxygens (including phenoxy) is 1. The van der Waals surface area contributed by atoms with Crippen molar-refractivity contribution in [3.05, 3.63) is 29.6 Å². The van der Waals surface area contributed by atoms with Gasteiger partial charge >= 0.3 is 0 Å². The van der Waals surface area contributed by atoms with E-state index in [1.54, 1.807) is 6.07 Å². The molecule has 4 aliphatic rings. The second-order valence-corrected chi connectivity index (χ2v) is 7.14. The first kappa shape index (κ1) is 13.3. The summed E-state index contributed by atoms with van der Waals surface area (Å²) in [5, 5.41) is 24.6. The number of H-pyrrole nitrogens is 1. The first-order valence-corrected chi connectivity index (χ1v) is 8.14. The zero-order valence-corrected chi connectivity index (χ0v) is 12.8. The highest BCUT2D eigenvalue weighted by atomic mass is 16.5. The maximum atomic E-state index is 10.1. The molecule has 0 radical (unpaired) electrons. The van der Waals surface area contributed by atoms with Gasteiger partial charge in [0.15, 0.2) is 5.82 Å². The number of tetrazole rings is 1. The second-order valence-electron chi connectivity index (χ2n) is 7.14. The van der Waals surface area contributed by atoms with Gasteiger partial charge in [0.05, 0.1) is 17.6 Å². The van der Waals surface area contributed by atoms with Gasteiger partial charge < -0.3 is 14.7 Å². The predicted molar refractivity (Wildman–Crippen MR) is 82.4 cm³/mol. The summed E-state index contributed by atoms with van der Waals surface area (Å²) in [5.41, 5.74) is 2.06. The van der Waals surface area contributed by atoms with E-state index in [-0.39, 0.29) is 11.0 Å². The third-order valence-electron chi connectivity index (χ3n) is 5.60. The number of fused-ring (bicyclic) bond motifs is 2. The van der Waals surface area contributed by atoms with E-state index in [0.717, 1.165) is 55.8 Å². The summed E-state index contributed by atoms with van der Waals surface area (Å²) in [6.07, 6.45) is 3.91. The van der Waals surface area contributed by atoms with Crippen molar-refractivity contribution < 1.29 is 9.84 Å². The number of benzene rings is 1.